The largest absolute Gasteiger partial charge is 0.411 e. The monoisotopic (exact) mass is 228 g/mol. The summed E-state index contributed by atoms with van der Waals surface area (Å²) in [7, 11) is 1.87. The second-order valence-corrected chi connectivity index (χ2v) is 4.17. The van der Waals surface area contributed by atoms with E-state index in [2.05, 4.69) is 11.7 Å². The number of hydrogen-bond acceptors (Lipinski definition) is 4. The Morgan fingerprint density at radius 2 is 2.47 bits per heavy atom. The zero-order valence-corrected chi connectivity index (χ0v) is 9.30. The van der Waals surface area contributed by atoms with Crippen LogP contribution in [0.5, 0.6) is 0 Å². The van der Waals surface area contributed by atoms with Crippen molar-refractivity contribution in [1.29, 1.82) is 0 Å². The van der Waals surface area contributed by atoms with Crippen LogP contribution in [0.2, 0.25) is 0 Å². The van der Waals surface area contributed by atoms with Gasteiger partial charge in [-0.05, 0) is 19.2 Å². The topological polar surface area (TPSA) is 35.8 Å². The van der Waals surface area contributed by atoms with Crippen molar-refractivity contribution in [2.24, 2.45) is 5.16 Å². The SMILES string of the molecule is C=CCN(C)C/C(=N/O)c1ccc(F)s1. The highest BCUT2D eigenvalue weighted by Gasteiger charge is 2.10. The maximum atomic E-state index is 12.8. The van der Waals surface area contributed by atoms with Gasteiger partial charge in [-0.2, -0.15) is 4.39 Å². The number of likely N-dealkylation sites (N-methyl/N-ethyl adjacent to an activating group) is 1. The van der Waals surface area contributed by atoms with E-state index < -0.39 is 0 Å². The van der Waals surface area contributed by atoms with Crippen LogP contribution in [-0.2, 0) is 0 Å². The molecule has 15 heavy (non-hydrogen) atoms. The fourth-order valence-electron chi connectivity index (χ4n) is 1.17. The van der Waals surface area contributed by atoms with Gasteiger partial charge in [0.2, 0.25) is 0 Å². The van der Waals surface area contributed by atoms with E-state index >= 15 is 0 Å². The zero-order valence-electron chi connectivity index (χ0n) is 8.48. The predicted molar refractivity (Wildman–Crippen MR) is 60.3 cm³/mol. The van der Waals surface area contributed by atoms with Gasteiger partial charge in [0.1, 0.15) is 5.71 Å². The highest BCUT2D eigenvalue weighted by Crippen LogP contribution is 2.15. The lowest BCUT2D eigenvalue weighted by Gasteiger charge is -2.13. The highest BCUT2D eigenvalue weighted by atomic mass is 32.1. The Labute approximate surface area is 92.1 Å². The van der Waals surface area contributed by atoms with Gasteiger partial charge in [0, 0.05) is 13.1 Å². The average molecular weight is 228 g/mol. The minimum absolute atomic E-state index is 0.280. The molecular weight excluding hydrogens is 215 g/mol. The molecule has 0 saturated carbocycles. The minimum atomic E-state index is -0.280. The summed E-state index contributed by atoms with van der Waals surface area (Å²) in [5.41, 5.74) is 0.466. The van der Waals surface area contributed by atoms with Crippen LogP contribution in [0.1, 0.15) is 4.88 Å². The van der Waals surface area contributed by atoms with Gasteiger partial charge >= 0.3 is 0 Å². The summed E-state index contributed by atoms with van der Waals surface area (Å²) in [6.45, 7) is 4.76. The predicted octanol–water partition coefficient (Wildman–Crippen LogP) is 2.18. The zero-order chi connectivity index (χ0) is 11.3. The fourth-order valence-corrected chi connectivity index (χ4v) is 1.87. The number of halogens is 1. The van der Waals surface area contributed by atoms with Crippen LogP contribution >= 0.6 is 11.3 Å². The first-order valence-corrected chi connectivity index (χ1v) is 5.25. The Morgan fingerprint density at radius 1 is 1.73 bits per heavy atom. The molecule has 0 aliphatic carbocycles. The van der Waals surface area contributed by atoms with Crippen LogP contribution in [0.3, 0.4) is 0 Å². The molecule has 0 unspecified atom stereocenters. The van der Waals surface area contributed by atoms with E-state index in [-0.39, 0.29) is 5.13 Å². The van der Waals surface area contributed by atoms with Gasteiger partial charge < -0.3 is 5.21 Å². The molecule has 0 atom stereocenters. The van der Waals surface area contributed by atoms with Gasteiger partial charge in [-0.15, -0.1) is 17.9 Å². The second-order valence-electron chi connectivity index (χ2n) is 3.14. The molecule has 0 spiro atoms. The van der Waals surface area contributed by atoms with Crippen LogP contribution in [0, 0.1) is 5.13 Å². The molecule has 1 aromatic rings. The summed E-state index contributed by atoms with van der Waals surface area (Å²) >= 11 is 0.971. The molecule has 3 nitrogen and oxygen atoms in total. The van der Waals surface area contributed by atoms with E-state index in [9.17, 15) is 4.39 Å². The van der Waals surface area contributed by atoms with Crippen molar-refractivity contribution < 1.29 is 9.60 Å². The molecule has 0 aromatic carbocycles. The van der Waals surface area contributed by atoms with Crippen molar-refractivity contribution in [3.05, 3.63) is 34.8 Å². The summed E-state index contributed by atoms with van der Waals surface area (Å²) in [4.78, 5) is 2.56. The van der Waals surface area contributed by atoms with E-state index in [1.54, 1.807) is 12.1 Å². The third-order valence-corrected chi connectivity index (χ3v) is 2.76. The average Bonchev–Trinajstić information content (AvgIpc) is 2.61. The summed E-state index contributed by atoms with van der Waals surface area (Å²) in [5.74, 6) is 0. The molecule has 0 saturated heterocycles. The smallest absolute Gasteiger partial charge is 0.177 e. The first kappa shape index (κ1) is 11.9. The van der Waals surface area contributed by atoms with Gasteiger partial charge in [-0.3, -0.25) is 4.90 Å². The first-order chi connectivity index (χ1) is 7.17. The third kappa shape index (κ3) is 3.45. The lowest BCUT2D eigenvalue weighted by Crippen LogP contribution is -2.26. The Balaban J connectivity index is 2.69. The standard InChI is InChI=1S/C10H13FN2OS/c1-3-6-13(2)7-8(12-14)9-4-5-10(11)15-9/h3-5,14H,1,6-7H2,2H3/b12-8-. The number of oxime groups is 1. The van der Waals surface area contributed by atoms with E-state index in [1.807, 2.05) is 11.9 Å². The molecule has 1 heterocycles. The van der Waals surface area contributed by atoms with Crippen molar-refractivity contribution in [3.8, 4) is 0 Å². The maximum Gasteiger partial charge on any atom is 0.177 e. The van der Waals surface area contributed by atoms with Crippen LogP contribution in [0.4, 0.5) is 4.39 Å². The molecule has 0 bridgehead atoms. The second kappa shape index (κ2) is 5.63. The van der Waals surface area contributed by atoms with Crippen LogP contribution < -0.4 is 0 Å². The Morgan fingerprint density at radius 3 is 2.93 bits per heavy atom. The van der Waals surface area contributed by atoms with Crippen molar-refractivity contribution in [3.63, 3.8) is 0 Å². The van der Waals surface area contributed by atoms with Crippen LogP contribution in [-0.4, -0.2) is 36.0 Å². The molecule has 0 aliphatic heterocycles. The molecule has 82 valence electrons. The van der Waals surface area contributed by atoms with Crippen molar-refractivity contribution in [2.75, 3.05) is 20.1 Å². The number of thiophene rings is 1. The molecule has 5 heteroatoms. The summed E-state index contributed by atoms with van der Waals surface area (Å²) in [6.07, 6.45) is 1.75. The molecule has 0 aliphatic rings. The minimum Gasteiger partial charge on any atom is -0.411 e. The number of hydrogen-bond donors (Lipinski definition) is 1. The van der Waals surface area contributed by atoms with Gasteiger partial charge in [-0.1, -0.05) is 11.2 Å². The molecule has 1 rings (SSSR count). The summed E-state index contributed by atoms with van der Waals surface area (Å²) in [5, 5.41) is 11.7. The quantitative estimate of drug-likeness (QED) is 0.363. The number of nitrogens with zero attached hydrogens (tertiary/aromatic N) is 2. The Kier molecular flexibility index (Phi) is 4.45. The first-order valence-electron chi connectivity index (χ1n) is 4.43. The van der Waals surface area contributed by atoms with E-state index in [1.165, 1.54) is 6.07 Å². The summed E-state index contributed by atoms with van der Waals surface area (Å²) < 4.78 is 12.8. The van der Waals surface area contributed by atoms with Gasteiger partial charge in [0.25, 0.3) is 0 Å². The lowest BCUT2D eigenvalue weighted by molar-refractivity contribution is 0.313. The third-order valence-electron chi connectivity index (χ3n) is 1.84. The van der Waals surface area contributed by atoms with Crippen molar-refractivity contribution in [2.45, 2.75) is 0 Å². The molecule has 1 N–H and O–H groups in total. The molecule has 0 amide bonds. The lowest BCUT2D eigenvalue weighted by atomic mass is 10.3. The normalized spacial score (nSPS) is 12.1. The molecule has 1 aromatic heterocycles. The number of rotatable bonds is 5. The Hall–Kier alpha value is -1.20. The van der Waals surface area contributed by atoms with E-state index in [4.69, 9.17) is 5.21 Å². The van der Waals surface area contributed by atoms with Gasteiger partial charge in [0.05, 0.1) is 4.88 Å². The van der Waals surface area contributed by atoms with Crippen molar-refractivity contribution in [1.82, 2.24) is 4.90 Å². The Bertz CT molecular complexity index is 362. The van der Waals surface area contributed by atoms with E-state index in [0.717, 1.165) is 11.3 Å². The molecule has 0 radical (unpaired) electrons. The van der Waals surface area contributed by atoms with Gasteiger partial charge in [-0.25, -0.2) is 0 Å². The molecule has 0 fully saturated rings. The summed E-state index contributed by atoms with van der Waals surface area (Å²) in [6, 6.07) is 2.97. The van der Waals surface area contributed by atoms with Crippen LogP contribution in [0.15, 0.2) is 29.9 Å². The maximum absolute atomic E-state index is 12.8. The highest BCUT2D eigenvalue weighted by molar-refractivity contribution is 7.12. The van der Waals surface area contributed by atoms with E-state index in [0.29, 0.717) is 23.7 Å². The fraction of sp³-hybridized carbons (Fsp3) is 0.300. The van der Waals surface area contributed by atoms with Crippen molar-refractivity contribution >= 4 is 17.0 Å². The van der Waals surface area contributed by atoms with Gasteiger partial charge in [0.15, 0.2) is 5.13 Å². The van der Waals surface area contributed by atoms with Crippen LogP contribution in [0.25, 0.3) is 0 Å². The molecular formula is C10H13FN2OS.